The number of fused-ring (bicyclic) bond motifs is 6. The van der Waals surface area contributed by atoms with Crippen molar-refractivity contribution in [2.45, 2.75) is 97.9 Å². The van der Waals surface area contributed by atoms with Gasteiger partial charge in [-0.05, 0) is 87.0 Å². The molecule has 2 aromatic carbocycles. The molecule has 0 fully saturated rings. The first-order valence-corrected chi connectivity index (χ1v) is 18.7. The number of rotatable bonds is 16. The molecule has 0 aliphatic rings. The van der Waals surface area contributed by atoms with E-state index in [1.807, 2.05) is 22.7 Å². The topological polar surface area (TPSA) is 27.1 Å². The van der Waals surface area contributed by atoms with Gasteiger partial charge in [0.15, 0.2) is 0 Å². The SMILES string of the molecule is CCCCCCCCCn1c(-c2ccc(OCC(CC)CCCC)cc2)nc2c3cc(Br)sc3c3sc(Br)cc3c21. The van der Waals surface area contributed by atoms with Gasteiger partial charge in [0.2, 0.25) is 0 Å². The molecule has 5 aromatic rings. The summed E-state index contributed by atoms with van der Waals surface area (Å²) in [5.74, 6) is 2.64. The van der Waals surface area contributed by atoms with Crippen LogP contribution in [0.5, 0.6) is 5.75 Å². The number of imidazole rings is 1. The third-order valence-corrected chi connectivity index (χ3v) is 11.7. The molecule has 220 valence electrons. The lowest BCUT2D eigenvalue weighted by molar-refractivity contribution is 0.233. The lowest BCUT2D eigenvalue weighted by Crippen LogP contribution is -2.11. The number of ether oxygens (including phenoxy) is 1. The predicted octanol–water partition coefficient (Wildman–Crippen LogP) is 13.0. The van der Waals surface area contributed by atoms with Crippen molar-refractivity contribution in [1.29, 1.82) is 0 Å². The van der Waals surface area contributed by atoms with Gasteiger partial charge in [0.25, 0.3) is 0 Å². The zero-order valence-electron chi connectivity index (χ0n) is 24.6. The summed E-state index contributed by atoms with van der Waals surface area (Å²) in [6.45, 7) is 8.59. The van der Waals surface area contributed by atoms with Crippen LogP contribution in [0.4, 0.5) is 0 Å². The Morgan fingerprint density at radius 2 is 1.44 bits per heavy atom. The molecule has 3 nitrogen and oxygen atoms in total. The Bertz CT molecular complexity index is 1570. The first kappa shape index (κ1) is 31.0. The average Bonchev–Trinajstić information content (AvgIpc) is 3.67. The van der Waals surface area contributed by atoms with Crippen molar-refractivity contribution in [3.8, 4) is 17.1 Å². The molecular formula is C34H42Br2N2OS2. The van der Waals surface area contributed by atoms with E-state index in [9.17, 15) is 0 Å². The molecule has 0 spiro atoms. The highest BCUT2D eigenvalue weighted by Gasteiger charge is 2.22. The maximum Gasteiger partial charge on any atom is 0.141 e. The van der Waals surface area contributed by atoms with Crippen LogP contribution in [0.2, 0.25) is 0 Å². The standard InChI is InChI=1S/C34H42Br2N2OS2/c1-4-7-9-10-11-12-13-19-38-31-27-21-29(36)41-33(27)32-26(20-28(35)40-32)30(31)37-34(38)24-15-17-25(18-16-24)39-22-23(6-3)14-8-5-2/h15-18,20-21,23H,4-14,19,22H2,1-3H3. The molecule has 3 aromatic heterocycles. The van der Waals surface area contributed by atoms with Crippen LogP contribution in [0.1, 0.15) is 91.4 Å². The summed E-state index contributed by atoms with van der Waals surface area (Å²) in [6, 6.07) is 13.2. The Hall–Kier alpha value is -1.41. The van der Waals surface area contributed by atoms with Crippen LogP contribution >= 0.6 is 54.5 Å². The lowest BCUT2D eigenvalue weighted by Gasteiger charge is -2.16. The molecule has 0 N–H and O–H groups in total. The third kappa shape index (κ3) is 7.22. The normalized spacial score (nSPS) is 12.7. The number of hydrogen-bond donors (Lipinski definition) is 0. The fourth-order valence-corrected chi connectivity index (χ4v) is 9.16. The van der Waals surface area contributed by atoms with Crippen molar-refractivity contribution in [2.24, 2.45) is 5.92 Å². The minimum Gasteiger partial charge on any atom is -0.493 e. The monoisotopic (exact) mass is 716 g/mol. The maximum absolute atomic E-state index is 6.24. The molecule has 0 bridgehead atoms. The third-order valence-electron chi connectivity index (χ3n) is 8.21. The summed E-state index contributed by atoms with van der Waals surface area (Å²) < 4.78 is 13.7. The van der Waals surface area contributed by atoms with Gasteiger partial charge in [0.1, 0.15) is 11.6 Å². The molecule has 0 aliphatic heterocycles. The van der Waals surface area contributed by atoms with Gasteiger partial charge < -0.3 is 9.30 Å². The second kappa shape index (κ2) is 14.9. The number of unbranched alkanes of at least 4 members (excludes halogenated alkanes) is 7. The van der Waals surface area contributed by atoms with Crippen molar-refractivity contribution < 1.29 is 4.74 Å². The predicted molar refractivity (Wildman–Crippen MR) is 188 cm³/mol. The zero-order chi connectivity index (χ0) is 28.8. The number of hydrogen-bond acceptors (Lipinski definition) is 4. The van der Waals surface area contributed by atoms with Crippen LogP contribution in [0.25, 0.3) is 42.6 Å². The van der Waals surface area contributed by atoms with E-state index in [2.05, 4.69) is 93.6 Å². The van der Waals surface area contributed by atoms with Crippen molar-refractivity contribution in [3.05, 3.63) is 44.0 Å². The molecule has 0 aliphatic carbocycles. The van der Waals surface area contributed by atoms with Crippen molar-refractivity contribution >= 4 is 85.7 Å². The highest BCUT2D eigenvalue weighted by Crippen LogP contribution is 2.46. The molecule has 0 saturated heterocycles. The number of aryl methyl sites for hydroxylation is 1. The van der Waals surface area contributed by atoms with Gasteiger partial charge in [0.05, 0.1) is 34.6 Å². The van der Waals surface area contributed by atoms with Gasteiger partial charge in [0, 0.05) is 22.9 Å². The molecule has 1 atom stereocenters. The molecule has 5 rings (SSSR count). The summed E-state index contributed by atoms with van der Waals surface area (Å²) >= 11 is 11.2. The molecule has 3 heterocycles. The number of halogens is 2. The van der Waals surface area contributed by atoms with Crippen LogP contribution in [-0.4, -0.2) is 16.2 Å². The quantitative estimate of drug-likeness (QED) is 0.0950. The summed E-state index contributed by atoms with van der Waals surface area (Å²) in [6.07, 6.45) is 14.0. The fourth-order valence-electron chi connectivity index (χ4n) is 5.80. The van der Waals surface area contributed by atoms with Crippen LogP contribution in [0, 0.1) is 5.92 Å². The molecule has 1 unspecified atom stereocenters. The van der Waals surface area contributed by atoms with Crippen LogP contribution < -0.4 is 4.74 Å². The van der Waals surface area contributed by atoms with E-state index in [-0.39, 0.29) is 0 Å². The summed E-state index contributed by atoms with van der Waals surface area (Å²) in [4.78, 5) is 5.37. The van der Waals surface area contributed by atoms with Gasteiger partial charge in [-0.25, -0.2) is 4.98 Å². The number of nitrogens with zero attached hydrogens (tertiary/aromatic N) is 2. The highest BCUT2D eigenvalue weighted by molar-refractivity contribution is 9.11. The van der Waals surface area contributed by atoms with Gasteiger partial charge in [-0.1, -0.05) is 78.6 Å². The second-order valence-corrected chi connectivity index (χ2v) is 16.1. The Kier molecular flexibility index (Phi) is 11.2. The number of aromatic nitrogens is 2. The summed E-state index contributed by atoms with van der Waals surface area (Å²) in [7, 11) is 0. The lowest BCUT2D eigenvalue weighted by atomic mass is 10.0. The van der Waals surface area contributed by atoms with Gasteiger partial charge in [-0.15, -0.1) is 22.7 Å². The van der Waals surface area contributed by atoms with Crippen LogP contribution in [-0.2, 0) is 6.54 Å². The van der Waals surface area contributed by atoms with E-state index in [1.54, 1.807) is 0 Å². The van der Waals surface area contributed by atoms with Crippen LogP contribution in [0.15, 0.2) is 44.0 Å². The van der Waals surface area contributed by atoms with E-state index in [0.717, 1.165) is 39.6 Å². The molecular weight excluding hydrogens is 676 g/mol. The summed E-state index contributed by atoms with van der Waals surface area (Å²) in [5, 5.41) is 2.55. The largest absolute Gasteiger partial charge is 0.493 e. The Morgan fingerprint density at radius 1 is 0.805 bits per heavy atom. The molecule has 0 radical (unpaired) electrons. The van der Waals surface area contributed by atoms with E-state index >= 15 is 0 Å². The first-order valence-electron chi connectivity index (χ1n) is 15.5. The van der Waals surface area contributed by atoms with E-state index in [4.69, 9.17) is 9.72 Å². The van der Waals surface area contributed by atoms with E-state index < -0.39 is 0 Å². The fraction of sp³-hybridized carbons (Fsp3) is 0.500. The summed E-state index contributed by atoms with van der Waals surface area (Å²) in [5.41, 5.74) is 3.53. The zero-order valence-corrected chi connectivity index (χ0v) is 29.4. The maximum atomic E-state index is 6.24. The van der Waals surface area contributed by atoms with Crippen molar-refractivity contribution in [1.82, 2.24) is 9.55 Å². The second-order valence-electron chi connectivity index (χ2n) is 11.2. The minimum atomic E-state index is 0.625. The van der Waals surface area contributed by atoms with Gasteiger partial charge >= 0.3 is 0 Å². The molecule has 0 amide bonds. The van der Waals surface area contributed by atoms with Crippen LogP contribution in [0.3, 0.4) is 0 Å². The average molecular weight is 719 g/mol. The Labute approximate surface area is 270 Å². The highest BCUT2D eigenvalue weighted by atomic mass is 79.9. The molecule has 7 heteroatoms. The van der Waals surface area contributed by atoms with Crippen molar-refractivity contribution in [3.63, 3.8) is 0 Å². The van der Waals surface area contributed by atoms with Gasteiger partial charge in [-0.3, -0.25) is 0 Å². The Balaban J connectivity index is 1.48. The Morgan fingerprint density at radius 3 is 2.12 bits per heavy atom. The van der Waals surface area contributed by atoms with E-state index in [1.165, 1.54) is 100 Å². The first-order chi connectivity index (χ1) is 20.0. The molecule has 41 heavy (non-hydrogen) atoms. The smallest absolute Gasteiger partial charge is 0.141 e. The van der Waals surface area contributed by atoms with Crippen molar-refractivity contribution in [2.75, 3.05) is 6.61 Å². The molecule has 0 saturated carbocycles. The van der Waals surface area contributed by atoms with Gasteiger partial charge in [-0.2, -0.15) is 0 Å². The number of thiophene rings is 2. The van der Waals surface area contributed by atoms with E-state index in [0.29, 0.717) is 5.92 Å². The minimum absolute atomic E-state index is 0.625. The number of benzene rings is 2.